The number of nitrogens with zero attached hydrogens (tertiary/aromatic N) is 4. The first-order valence-electron chi connectivity index (χ1n) is 15.2. The minimum atomic E-state index is -0.429. The Morgan fingerprint density at radius 1 is 1.17 bits per heavy atom. The fourth-order valence-corrected chi connectivity index (χ4v) is 5.84. The Kier molecular flexibility index (Phi) is 9.30. The van der Waals surface area contributed by atoms with Crippen LogP contribution in [-0.2, 0) is 14.4 Å². The zero-order valence-corrected chi connectivity index (χ0v) is 24.8. The third-order valence-electron chi connectivity index (χ3n) is 8.60. The van der Waals surface area contributed by atoms with E-state index < -0.39 is 17.5 Å². The fraction of sp³-hybridized carbons (Fsp3) is 0.531. The number of benzene rings is 1. The summed E-state index contributed by atoms with van der Waals surface area (Å²) in [5.74, 6) is 0.146. The summed E-state index contributed by atoms with van der Waals surface area (Å²) in [5.41, 5.74) is 2.34. The second-order valence-electron chi connectivity index (χ2n) is 11.6. The van der Waals surface area contributed by atoms with E-state index in [1.165, 1.54) is 6.07 Å². The quantitative estimate of drug-likeness (QED) is 0.264. The Labute approximate surface area is 246 Å². The van der Waals surface area contributed by atoms with Crippen LogP contribution < -0.4 is 5.32 Å². The van der Waals surface area contributed by atoms with Gasteiger partial charge in [-0.1, -0.05) is 37.9 Å². The number of hydrogen-bond donors (Lipinski definition) is 2. The molecule has 2 aliphatic rings. The van der Waals surface area contributed by atoms with Crippen LogP contribution in [0.5, 0.6) is 0 Å². The number of aromatic nitrogens is 3. The molecule has 2 N–H and O–H groups in total. The van der Waals surface area contributed by atoms with Crippen molar-refractivity contribution < 1.29 is 18.8 Å². The molecule has 1 atom stereocenters. The lowest BCUT2D eigenvalue weighted by molar-refractivity contribution is -0.119. The zero-order chi connectivity index (χ0) is 29.7. The Bertz CT molecular complexity index is 1460. The number of hydrogen-bond acceptors (Lipinski definition) is 7. The predicted molar refractivity (Wildman–Crippen MR) is 161 cm³/mol. The number of halogens is 1. The van der Waals surface area contributed by atoms with Crippen molar-refractivity contribution in [3.63, 3.8) is 0 Å². The van der Waals surface area contributed by atoms with Crippen LogP contribution in [0.4, 0.5) is 4.39 Å². The van der Waals surface area contributed by atoms with Gasteiger partial charge in [0.2, 0.25) is 0 Å². The standard InChI is InChI=1S/C32H41FN6O3/c1-4-23(40)9-7-6-8-10-26(37-31(41)28-19-32(42-38-28)13-15-39(5-2)16-14-32)30-34-20-29(36-30)24-17-22-12-11-21(3)35-27(22)18-25(24)33/h11-12,17-18,20,26H,4-10,13-16,19H2,1-3H3,(H,34,36)(H,37,41)/t26-/m0/s1. The maximum absolute atomic E-state index is 15.1. The summed E-state index contributed by atoms with van der Waals surface area (Å²) >= 11 is 0. The van der Waals surface area contributed by atoms with Crippen molar-refractivity contribution in [2.45, 2.75) is 90.2 Å². The van der Waals surface area contributed by atoms with Gasteiger partial charge in [0.1, 0.15) is 28.7 Å². The van der Waals surface area contributed by atoms with Crippen molar-refractivity contribution in [1.29, 1.82) is 0 Å². The number of Topliss-reactive ketones (excluding diaryl/α,β-unsaturated/α-hetero) is 1. The van der Waals surface area contributed by atoms with Gasteiger partial charge in [-0.3, -0.25) is 14.6 Å². The molecule has 0 saturated carbocycles. The Morgan fingerprint density at radius 3 is 2.74 bits per heavy atom. The van der Waals surface area contributed by atoms with Gasteiger partial charge in [-0.05, 0) is 38.4 Å². The number of carbonyl (C=O) groups excluding carboxylic acids is 2. The van der Waals surface area contributed by atoms with Crippen LogP contribution in [0.3, 0.4) is 0 Å². The summed E-state index contributed by atoms with van der Waals surface area (Å²) in [6.07, 6.45) is 7.98. The normalized spacial score (nSPS) is 17.3. The number of aromatic amines is 1. The first-order chi connectivity index (χ1) is 20.3. The molecule has 1 saturated heterocycles. The molecule has 0 bridgehead atoms. The molecular formula is C32H41FN6O3. The third kappa shape index (κ3) is 6.86. The summed E-state index contributed by atoms with van der Waals surface area (Å²) < 4.78 is 15.1. The highest BCUT2D eigenvalue weighted by molar-refractivity contribution is 6.39. The lowest BCUT2D eigenvalue weighted by Gasteiger charge is -2.36. The summed E-state index contributed by atoms with van der Waals surface area (Å²) in [6.45, 7) is 8.77. The molecule has 4 heterocycles. The number of carbonyl (C=O) groups is 2. The highest BCUT2D eigenvalue weighted by Crippen LogP contribution is 2.35. The highest BCUT2D eigenvalue weighted by Gasteiger charge is 2.43. The van der Waals surface area contributed by atoms with E-state index >= 15 is 4.39 Å². The van der Waals surface area contributed by atoms with Gasteiger partial charge in [-0.25, -0.2) is 9.37 Å². The molecule has 0 unspecified atom stereocenters. The molecule has 5 rings (SSSR count). The summed E-state index contributed by atoms with van der Waals surface area (Å²) in [4.78, 5) is 45.6. The van der Waals surface area contributed by atoms with Gasteiger partial charge >= 0.3 is 0 Å². The largest absolute Gasteiger partial charge is 0.388 e. The molecule has 1 fully saturated rings. The predicted octanol–water partition coefficient (Wildman–Crippen LogP) is 5.79. The molecule has 9 nitrogen and oxygen atoms in total. The number of aryl methyl sites for hydroxylation is 1. The number of imidazole rings is 1. The molecule has 0 aliphatic carbocycles. The van der Waals surface area contributed by atoms with Gasteiger partial charge in [0.15, 0.2) is 0 Å². The third-order valence-corrected chi connectivity index (χ3v) is 8.60. The lowest BCUT2D eigenvalue weighted by Crippen LogP contribution is -2.45. The van der Waals surface area contributed by atoms with E-state index in [0.29, 0.717) is 54.0 Å². The maximum Gasteiger partial charge on any atom is 0.269 e. The summed E-state index contributed by atoms with van der Waals surface area (Å²) in [5, 5.41) is 8.16. The number of nitrogens with one attached hydrogen (secondary N) is 2. The van der Waals surface area contributed by atoms with Crippen LogP contribution in [0.2, 0.25) is 0 Å². The molecule has 42 heavy (non-hydrogen) atoms. The SMILES string of the molecule is CCC(=O)CCCCC[C@H](NC(=O)C1=NOC2(CCN(CC)CC2)C1)c1ncc(-c2cc3ccc(C)nc3cc2F)[nH]1. The van der Waals surface area contributed by atoms with Crippen LogP contribution in [0.15, 0.2) is 35.6 Å². The van der Waals surface area contributed by atoms with Crippen molar-refractivity contribution >= 4 is 28.3 Å². The molecule has 1 spiro atoms. The van der Waals surface area contributed by atoms with Crippen molar-refractivity contribution in [3.8, 4) is 11.3 Å². The molecule has 10 heteroatoms. The van der Waals surface area contributed by atoms with Crippen molar-refractivity contribution in [2.75, 3.05) is 19.6 Å². The van der Waals surface area contributed by atoms with Crippen LogP contribution in [0, 0.1) is 12.7 Å². The number of H-pyrrole nitrogens is 1. The van der Waals surface area contributed by atoms with Gasteiger partial charge in [-0.2, -0.15) is 0 Å². The van der Waals surface area contributed by atoms with Crippen molar-refractivity contribution in [3.05, 3.63) is 47.8 Å². The molecular weight excluding hydrogens is 535 g/mol. The van der Waals surface area contributed by atoms with Crippen LogP contribution in [0.1, 0.15) is 89.2 Å². The van der Waals surface area contributed by atoms with Gasteiger partial charge in [0.25, 0.3) is 5.91 Å². The molecule has 1 aromatic carbocycles. The lowest BCUT2D eigenvalue weighted by atomic mass is 9.86. The average Bonchev–Trinajstić information content (AvgIpc) is 3.64. The van der Waals surface area contributed by atoms with Crippen molar-refractivity contribution in [1.82, 2.24) is 25.2 Å². The number of fused-ring (bicyclic) bond motifs is 1. The first kappa shape index (κ1) is 29.8. The van der Waals surface area contributed by atoms with E-state index in [9.17, 15) is 9.59 Å². The molecule has 224 valence electrons. The Hall–Kier alpha value is -3.66. The number of likely N-dealkylation sites (tertiary alicyclic amines) is 1. The van der Waals surface area contributed by atoms with Crippen molar-refractivity contribution in [2.24, 2.45) is 5.16 Å². The minimum absolute atomic E-state index is 0.260. The van der Waals surface area contributed by atoms with Gasteiger partial charge < -0.3 is 20.0 Å². The van der Waals surface area contributed by atoms with Crippen LogP contribution in [-0.4, -0.2) is 62.5 Å². The van der Waals surface area contributed by atoms with E-state index in [-0.39, 0.29) is 11.7 Å². The minimum Gasteiger partial charge on any atom is -0.388 e. The van der Waals surface area contributed by atoms with Gasteiger partial charge in [-0.15, -0.1) is 0 Å². The Morgan fingerprint density at radius 2 is 1.98 bits per heavy atom. The highest BCUT2D eigenvalue weighted by atomic mass is 19.1. The second-order valence-corrected chi connectivity index (χ2v) is 11.6. The molecule has 1 amide bonds. The number of ketones is 1. The van der Waals surface area contributed by atoms with Gasteiger partial charge in [0.05, 0.1) is 23.4 Å². The fourth-order valence-electron chi connectivity index (χ4n) is 5.84. The first-order valence-corrected chi connectivity index (χ1v) is 15.2. The topological polar surface area (TPSA) is 113 Å². The average molecular weight is 577 g/mol. The van der Waals surface area contributed by atoms with Gasteiger partial charge in [0, 0.05) is 67.9 Å². The molecule has 2 aromatic heterocycles. The molecule has 3 aromatic rings. The summed E-state index contributed by atoms with van der Waals surface area (Å²) in [7, 11) is 0. The number of amides is 1. The van der Waals surface area contributed by atoms with E-state index in [4.69, 9.17) is 4.84 Å². The van der Waals surface area contributed by atoms with E-state index in [1.807, 2.05) is 26.0 Å². The number of unbranched alkanes of at least 4 members (excludes halogenated alkanes) is 2. The maximum atomic E-state index is 15.1. The van der Waals surface area contributed by atoms with Crippen LogP contribution >= 0.6 is 0 Å². The summed E-state index contributed by atoms with van der Waals surface area (Å²) in [6, 6.07) is 6.60. The second kappa shape index (κ2) is 13.1. The van der Waals surface area contributed by atoms with E-state index in [1.54, 1.807) is 12.3 Å². The molecule has 2 aliphatic heterocycles. The van der Waals surface area contributed by atoms with E-state index in [0.717, 1.165) is 62.8 Å². The number of piperidine rings is 1. The monoisotopic (exact) mass is 576 g/mol. The van der Waals surface area contributed by atoms with Crippen LogP contribution in [0.25, 0.3) is 22.2 Å². The smallest absolute Gasteiger partial charge is 0.269 e. The molecule has 0 radical (unpaired) electrons. The number of pyridine rings is 1. The number of rotatable bonds is 12. The van der Waals surface area contributed by atoms with E-state index in [2.05, 4.69) is 37.2 Å². The number of oxime groups is 1. The zero-order valence-electron chi connectivity index (χ0n) is 24.8. The Balaban J connectivity index is 1.30.